The van der Waals surface area contributed by atoms with E-state index in [0.29, 0.717) is 21.8 Å². The van der Waals surface area contributed by atoms with Crippen LogP contribution in [0, 0.1) is 22.7 Å². The number of thiophene rings is 1. The lowest BCUT2D eigenvalue weighted by Gasteiger charge is -2.36. The highest BCUT2D eigenvalue weighted by Crippen LogP contribution is 2.43. The second-order valence-electron chi connectivity index (χ2n) is 5.97. The first-order valence-corrected chi connectivity index (χ1v) is 7.56. The Hall–Kier alpha value is -1.34. The number of hydrogen-bond donors (Lipinski definition) is 1. The maximum atomic E-state index is 11.4. The lowest BCUT2D eigenvalue weighted by molar-refractivity contribution is 0.100. The van der Waals surface area contributed by atoms with E-state index in [4.69, 9.17) is 5.73 Å². The van der Waals surface area contributed by atoms with Crippen LogP contribution in [0.1, 0.15) is 59.3 Å². The van der Waals surface area contributed by atoms with E-state index in [1.807, 2.05) is 0 Å². The molecule has 0 radical (unpaired) electrons. The van der Waals surface area contributed by atoms with Crippen molar-refractivity contribution in [1.82, 2.24) is 0 Å². The van der Waals surface area contributed by atoms with Gasteiger partial charge in [0.1, 0.15) is 10.9 Å². The third-order valence-corrected chi connectivity index (χ3v) is 5.89. The number of nitriles is 1. The highest BCUT2D eigenvalue weighted by molar-refractivity contribution is 7.14. The standard InChI is InChI=1S/C15H20N2OS/c1-4-15(2,3)9-5-6-10-11(8-16)13(14(17)18)19-12(10)7-9/h9H,4-7H2,1-3H3,(H2,17,18). The topological polar surface area (TPSA) is 66.9 Å². The summed E-state index contributed by atoms with van der Waals surface area (Å²) in [7, 11) is 0. The Kier molecular flexibility index (Phi) is 3.69. The van der Waals surface area contributed by atoms with Crippen molar-refractivity contribution in [2.45, 2.75) is 46.5 Å². The van der Waals surface area contributed by atoms with Crippen molar-refractivity contribution in [3.63, 3.8) is 0 Å². The molecule has 1 heterocycles. The number of primary amides is 1. The predicted molar refractivity (Wildman–Crippen MR) is 77.1 cm³/mol. The fourth-order valence-corrected chi connectivity index (χ4v) is 4.06. The summed E-state index contributed by atoms with van der Waals surface area (Å²) >= 11 is 1.43. The van der Waals surface area contributed by atoms with Gasteiger partial charge in [-0.25, -0.2) is 0 Å². The van der Waals surface area contributed by atoms with Gasteiger partial charge in [0.15, 0.2) is 0 Å². The quantitative estimate of drug-likeness (QED) is 0.920. The van der Waals surface area contributed by atoms with E-state index >= 15 is 0 Å². The average molecular weight is 276 g/mol. The number of hydrogen-bond acceptors (Lipinski definition) is 3. The van der Waals surface area contributed by atoms with E-state index in [2.05, 4.69) is 26.8 Å². The molecule has 1 aromatic heterocycles. The van der Waals surface area contributed by atoms with Crippen LogP contribution < -0.4 is 5.73 Å². The minimum absolute atomic E-state index is 0.307. The van der Waals surface area contributed by atoms with E-state index in [-0.39, 0.29) is 0 Å². The second-order valence-corrected chi connectivity index (χ2v) is 7.07. The predicted octanol–water partition coefficient (Wildman–Crippen LogP) is 3.26. The molecule has 1 atom stereocenters. The molecule has 0 saturated heterocycles. The monoisotopic (exact) mass is 276 g/mol. The first kappa shape index (κ1) is 14.1. The molecule has 0 aromatic carbocycles. The van der Waals surface area contributed by atoms with Crippen LogP contribution in [-0.2, 0) is 12.8 Å². The molecule has 102 valence electrons. The molecular formula is C15H20N2OS. The second kappa shape index (κ2) is 4.97. The van der Waals surface area contributed by atoms with Crippen molar-refractivity contribution >= 4 is 17.2 Å². The van der Waals surface area contributed by atoms with Crippen molar-refractivity contribution in [2.75, 3.05) is 0 Å². The molecule has 0 bridgehead atoms. The molecule has 3 nitrogen and oxygen atoms in total. The van der Waals surface area contributed by atoms with Gasteiger partial charge >= 0.3 is 0 Å². The Balaban J connectivity index is 2.38. The molecule has 1 amide bonds. The van der Waals surface area contributed by atoms with Crippen LogP contribution in [0.15, 0.2) is 0 Å². The van der Waals surface area contributed by atoms with Crippen molar-refractivity contribution < 1.29 is 4.79 Å². The minimum Gasteiger partial charge on any atom is -0.365 e. The Bertz CT molecular complexity index is 551. The fourth-order valence-electron chi connectivity index (χ4n) is 2.83. The summed E-state index contributed by atoms with van der Waals surface area (Å²) in [6, 6.07) is 2.16. The number of carbonyl (C=O) groups excluding carboxylic acids is 1. The van der Waals surface area contributed by atoms with E-state index in [9.17, 15) is 10.1 Å². The van der Waals surface area contributed by atoms with E-state index in [1.165, 1.54) is 16.2 Å². The zero-order valence-electron chi connectivity index (χ0n) is 11.7. The number of nitrogens with two attached hydrogens (primary N) is 1. The summed E-state index contributed by atoms with van der Waals surface area (Å²) in [5.41, 5.74) is 7.28. The molecule has 19 heavy (non-hydrogen) atoms. The lowest BCUT2D eigenvalue weighted by Crippen LogP contribution is -2.28. The lowest BCUT2D eigenvalue weighted by atomic mass is 9.69. The molecule has 1 aromatic rings. The van der Waals surface area contributed by atoms with Gasteiger partial charge in [-0.15, -0.1) is 11.3 Å². The Morgan fingerprint density at radius 3 is 2.79 bits per heavy atom. The Morgan fingerprint density at radius 2 is 2.26 bits per heavy atom. The zero-order valence-corrected chi connectivity index (χ0v) is 12.6. The van der Waals surface area contributed by atoms with Gasteiger partial charge < -0.3 is 5.73 Å². The number of nitrogens with zero attached hydrogens (tertiary/aromatic N) is 1. The first-order chi connectivity index (χ1) is 8.90. The highest BCUT2D eigenvalue weighted by atomic mass is 32.1. The van der Waals surface area contributed by atoms with Gasteiger partial charge in [-0.1, -0.05) is 27.2 Å². The maximum Gasteiger partial charge on any atom is 0.260 e. The van der Waals surface area contributed by atoms with Crippen LogP contribution in [0.2, 0.25) is 0 Å². The number of carbonyl (C=O) groups is 1. The SMILES string of the molecule is CCC(C)(C)C1CCc2c(sc(C(N)=O)c2C#N)C1. The van der Waals surface area contributed by atoms with Gasteiger partial charge in [-0.2, -0.15) is 5.26 Å². The smallest absolute Gasteiger partial charge is 0.260 e. The van der Waals surface area contributed by atoms with Crippen molar-refractivity contribution in [3.8, 4) is 6.07 Å². The summed E-state index contributed by atoms with van der Waals surface area (Å²) in [4.78, 5) is 13.1. The molecule has 2 rings (SSSR count). The first-order valence-electron chi connectivity index (χ1n) is 6.75. The Labute approximate surface area is 118 Å². The van der Waals surface area contributed by atoms with Gasteiger partial charge in [-0.3, -0.25) is 4.79 Å². The van der Waals surface area contributed by atoms with Crippen LogP contribution >= 0.6 is 11.3 Å². The number of fused-ring (bicyclic) bond motifs is 1. The Morgan fingerprint density at radius 1 is 1.58 bits per heavy atom. The molecule has 0 fully saturated rings. The molecule has 1 unspecified atom stereocenters. The maximum absolute atomic E-state index is 11.4. The molecule has 4 heteroatoms. The number of amides is 1. The van der Waals surface area contributed by atoms with Crippen LogP contribution in [0.4, 0.5) is 0 Å². The summed E-state index contributed by atoms with van der Waals surface area (Å²) < 4.78 is 0. The third kappa shape index (κ3) is 2.40. The average Bonchev–Trinajstić information content (AvgIpc) is 2.76. The van der Waals surface area contributed by atoms with Crippen LogP contribution in [0.3, 0.4) is 0 Å². The highest BCUT2D eigenvalue weighted by Gasteiger charge is 2.34. The normalized spacial score (nSPS) is 18.7. The van der Waals surface area contributed by atoms with Gasteiger partial charge in [0.2, 0.25) is 0 Å². The largest absolute Gasteiger partial charge is 0.365 e. The van der Waals surface area contributed by atoms with Gasteiger partial charge in [0, 0.05) is 4.88 Å². The molecule has 1 aliphatic carbocycles. The van der Waals surface area contributed by atoms with E-state index < -0.39 is 5.91 Å². The van der Waals surface area contributed by atoms with Crippen molar-refractivity contribution in [2.24, 2.45) is 17.1 Å². The molecule has 1 aliphatic rings. The molecule has 0 saturated carbocycles. The van der Waals surface area contributed by atoms with E-state index in [0.717, 1.165) is 31.2 Å². The van der Waals surface area contributed by atoms with Crippen LogP contribution in [0.5, 0.6) is 0 Å². The summed E-state index contributed by atoms with van der Waals surface area (Å²) in [6.45, 7) is 6.83. The molecule has 0 aliphatic heterocycles. The fraction of sp³-hybridized carbons (Fsp3) is 0.600. The van der Waals surface area contributed by atoms with E-state index in [1.54, 1.807) is 0 Å². The van der Waals surface area contributed by atoms with Gasteiger partial charge in [-0.05, 0) is 36.2 Å². The molecule has 2 N–H and O–H groups in total. The van der Waals surface area contributed by atoms with Gasteiger partial charge in [0.25, 0.3) is 5.91 Å². The van der Waals surface area contributed by atoms with Crippen LogP contribution in [0.25, 0.3) is 0 Å². The minimum atomic E-state index is -0.470. The van der Waals surface area contributed by atoms with Crippen molar-refractivity contribution in [1.29, 1.82) is 5.26 Å². The summed E-state index contributed by atoms with van der Waals surface area (Å²) in [5, 5.41) is 9.23. The number of rotatable bonds is 3. The van der Waals surface area contributed by atoms with Crippen molar-refractivity contribution in [3.05, 3.63) is 20.9 Å². The third-order valence-electron chi connectivity index (χ3n) is 4.62. The summed E-state index contributed by atoms with van der Waals surface area (Å²) in [6.07, 6.45) is 4.11. The van der Waals surface area contributed by atoms with Gasteiger partial charge in [0.05, 0.1) is 5.56 Å². The molecule has 0 spiro atoms. The van der Waals surface area contributed by atoms with Crippen LogP contribution in [-0.4, -0.2) is 5.91 Å². The zero-order chi connectivity index (χ0) is 14.2. The summed E-state index contributed by atoms with van der Waals surface area (Å²) in [5.74, 6) is 0.151. The molecular weight excluding hydrogens is 256 g/mol.